The number of benzene rings is 2. The molecular weight excluding hydrogens is 380 g/mol. The SMILES string of the molecule is CC(C)(C)OC(=O)N(Cc1ccccc1)[C@H]1C[C@@H](C(=O)O)N(Cc2ccccc2)C1. The first kappa shape index (κ1) is 21.8. The summed E-state index contributed by atoms with van der Waals surface area (Å²) in [6.45, 7) is 6.90. The standard InChI is InChI=1S/C24H30N2O4/c1-24(2,3)30-23(29)26(16-19-12-8-5-9-13-19)20-14-21(22(27)28)25(17-20)15-18-10-6-4-7-11-18/h4-13,20-21H,14-17H2,1-3H3,(H,27,28)/t20-,21-/m0/s1. The molecule has 1 saturated heterocycles. The summed E-state index contributed by atoms with van der Waals surface area (Å²) in [6.07, 6.45) is -0.0455. The molecule has 2 atom stereocenters. The van der Waals surface area contributed by atoms with E-state index >= 15 is 0 Å². The Labute approximate surface area is 178 Å². The minimum Gasteiger partial charge on any atom is -0.480 e. The van der Waals surface area contributed by atoms with Crippen LogP contribution in [0.15, 0.2) is 60.7 Å². The van der Waals surface area contributed by atoms with Crippen molar-refractivity contribution in [3.05, 3.63) is 71.8 Å². The van der Waals surface area contributed by atoms with Gasteiger partial charge in [-0.25, -0.2) is 4.79 Å². The Bertz CT molecular complexity index is 849. The van der Waals surface area contributed by atoms with E-state index in [4.69, 9.17) is 4.74 Å². The summed E-state index contributed by atoms with van der Waals surface area (Å²) in [6, 6.07) is 18.6. The van der Waals surface area contributed by atoms with Gasteiger partial charge in [-0.15, -0.1) is 0 Å². The molecule has 2 aromatic rings. The van der Waals surface area contributed by atoms with Gasteiger partial charge in [-0.2, -0.15) is 0 Å². The van der Waals surface area contributed by atoms with Crippen LogP contribution >= 0.6 is 0 Å². The Hall–Kier alpha value is -2.86. The zero-order chi connectivity index (χ0) is 21.7. The second-order valence-corrected chi connectivity index (χ2v) is 8.75. The van der Waals surface area contributed by atoms with Gasteiger partial charge in [0.15, 0.2) is 0 Å². The van der Waals surface area contributed by atoms with Crippen LogP contribution in [0, 0.1) is 0 Å². The first-order chi connectivity index (χ1) is 14.2. The lowest BCUT2D eigenvalue weighted by Crippen LogP contribution is -2.44. The summed E-state index contributed by atoms with van der Waals surface area (Å²) in [5.74, 6) is -0.864. The van der Waals surface area contributed by atoms with Crippen molar-refractivity contribution >= 4 is 12.1 Å². The van der Waals surface area contributed by atoms with Crippen molar-refractivity contribution in [1.82, 2.24) is 9.80 Å². The Balaban J connectivity index is 1.82. The number of nitrogens with zero attached hydrogens (tertiary/aromatic N) is 2. The molecule has 0 saturated carbocycles. The van der Waals surface area contributed by atoms with Crippen molar-refractivity contribution in [3.63, 3.8) is 0 Å². The fourth-order valence-corrected chi connectivity index (χ4v) is 3.80. The fraction of sp³-hybridized carbons (Fsp3) is 0.417. The molecule has 3 rings (SSSR count). The van der Waals surface area contributed by atoms with Crippen LogP contribution in [-0.2, 0) is 22.6 Å². The summed E-state index contributed by atoms with van der Waals surface area (Å²) < 4.78 is 5.65. The van der Waals surface area contributed by atoms with Crippen molar-refractivity contribution in [2.24, 2.45) is 0 Å². The smallest absolute Gasteiger partial charge is 0.410 e. The molecule has 1 amide bonds. The molecule has 0 unspecified atom stereocenters. The first-order valence-electron chi connectivity index (χ1n) is 10.3. The molecule has 1 N–H and O–H groups in total. The van der Waals surface area contributed by atoms with E-state index < -0.39 is 23.7 Å². The maximum Gasteiger partial charge on any atom is 0.410 e. The molecule has 2 aromatic carbocycles. The highest BCUT2D eigenvalue weighted by atomic mass is 16.6. The number of amides is 1. The van der Waals surface area contributed by atoms with Crippen molar-refractivity contribution in [2.45, 2.75) is 58.0 Å². The molecule has 0 spiro atoms. The topological polar surface area (TPSA) is 70.1 Å². The average Bonchev–Trinajstić information content (AvgIpc) is 3.10. The molecular formula is C24H30N2O4. The Morgan fingerprint density at radius 2 is 1.60 bits per heavy atom. The lowest BCUT2D eigenvalue weighted by atomic mass is 10.1. The van der Waals surface area contributed by atoms with Gasteiger partial charge in [-0.3, -0.25) is 14.6 Å². The molecule has 1 aliphatic rings. The van der Waals surface area contributed by atoms with Gasteiger partial charge in [0, 0.05) is 19.6 Å². The van der Waals surface area contributed by atoms with Gasteiger partial charge in [0.05, 0.1) is 6.04 Å². The molecule has 0 radical (unpaired) electrons. The lowest BCUT2D eigenvalue weighted by molar-refractivity contribution is -0.142. The molecule has 160 valence electrons. The van der Waals surface area contributed by atoms with E-state index in [1.54, 1.807) is 4.90 Å². The lowest BCUT2D eigenvalue weighted by Gasteiger charge is -2.32. The number of carboxylic acid groups (broad SMARTS) is 1. The maximum absolute atomic E-state index is 13.0. The van der Waals surface area contributed by atoms with Crippen LogP contribution in [0.5, 0.6) is 0 Å². The van der Waals surface area contributed by atoms with Gasteiger partial charge in [0.2, 0.25) is 0 Å². The molecule has 0 bridgehead atoms. The van der Waals surface area contributed by atoms with Crippen molar-refractivity contribution in [1.29, 1.82) is 0 Å². The molecule has 0 aliphatic carbocycles. The van der Waals surface area contributed by atoms with Gasteiger partial charge >= 0.3 is 12.1 Å². The van der Waals surface area contributed by atoms with Crippen molar-refractivity contribution in [3.8, 4) is 0 Å². The minimum absolute atomic E-state index is 0.245. The van der Waals surface area contributed by atoms with E-state index in [0.29, 0.717) is 26.1 Å². The van der Waals surface area contributed by atoms with Crippen LogP contribution in [0.3, 0.4) is 0 Å². The van der Waals surface area contributed by atoms with Crippen LogP contribution in [0.25, 0.3) is 0 Å². The summed E-state index contributed by atoms with van der Waals surface area (Å²) in [5.41, 5.74) is 1.41. The van der Waals surface area contributed by atoms with Crippen molar-refractivity contribution in [2.75, 3.05) is 6.54 Å². The molecule has 6 heteroatoms. The third-order valence-electron chi connectivity index (χ3n) is 5.16. The molecule has 6 nitrogen and oxygen atoms in total. The average molecular weight is 411 g/mol. The van der Waals surface area contributed by atoms with E-state index in [2.05, 4.69) is 0 Å². The van der Waals surface area contributed by atoms with Crippen LogP contribution < -0.4 is 0 Å². The highest BCUT2D eigenvalue weighted by Crippen LogP contribution is 2.27. The van der Waals surface area contributed by atoms with Gasteiger partial charge in [0.1, 0.15) is 11.6 Å². The summed E-state index contributed by atoms with van der Waals surface area (Å²) in [7, 11) is 0. The summed E-state index contributed by atoms with van der Waals surface area (Å²) in [5, 5.41) is 9.80. The Morgan fingerprint density at radius 1 is 1.03 bits per heavy atom. The van der Waals surface area contributed by atoms with Gasteiger partial charge < -0.3 is 9.84 Å². The number of hydrogen-bond donors (Lipinski definition) is 1. The Morgan fingerprint density at radius 3 is 2.13 bits per heavy atom. The number of ether oxygens (including phenoxy) is 1. The Kier molecular flexibility index (Phi) is 6.77. The third kappa shape index (κ3) is 5.83. The van der Waals surface area contributed by atoms with E-state index in [1.165, 1.54) is 0 Å². The number of likely N-dealkylation sites (tertiary alicyclic amines) is 1. The quantitative estimate of drug-likeness (QED) is 0.775. The fourth-order valence-electron chi connectivity index (χ4n) is 3.80. The second-order valence-electron chi connectivity index (χ2n) is 8.75. The van der Waals surface area contributed by atoms with Crippen LogP contribution in [0.2, 0.25) is 0 Å². The van der Waals surface area contributed by atoms with Gasteiger partial charge in [-0.1, -0.05) is 60.7 Å². The monoisotopic (exact) mass is 410 g/mol. The van der Waals surface area contributed by atoms with E-state index in [1.807, 2.05) is 86.3 Å². The molecule has 1 fully saturated rings. The third-order valence-corrected chi connectivity index (χ3v) is 5.16. The zero-order valence-electron chi connectivity index (χ0n) is 17.8. The molecule has 30 heavy (non-hydrogen) atoms. The predicted octanol–water partition coefficient (Wildman–Crippen LogP) is 4.15. The molecule has 0 aromatic heterocycles. The number of carboxylic acids is 1. The number of carbonyl (C=O) groups is 2. The number of carbonyl (C=O) groups excluding carboxylic acids is 1. The van der Waals surface area contributed by atoms with Crippen molar-refractivity contribution < 1.29 is 19.4 Å². The molecule has 1 heterocycles. The highest BCUT2D eigenvalue weighted by Gasteiger charge is 2.41. The van der Waals surface area contributed by atoms with E-state index in [-0.39, 0.29) is 6.04 Å². The van der Waals surface area contributed by atoms with E-state index in [9.17, 15) is 14.7 Å². The minimum atomic E-state index is -0.864. The maximum atomic E-state index is 13.0. The summed E-state index contributed by atoms with van der Waals surface area (Å²) in [4.78, 5) is 28.6. The first-order valence-corrected chi connectivity index (χ1v) is 10.3. The zero-order valence-corrected chi connectivity index (χ0v) is 17.8. The largest absolute Gasteiger partial charge is 0.480 e. The van der Waals surface area contributed by atoms with E-state index in [0.717, 1.165) is 11.1 Å². The summed E-state index contributed by atoms with van der Waals surface area (Å²) >= 11 is 0. The highest BCUT2D eigenvalue weighted by molar-refractivity contribution is 5.75. The van der Waals surface area contributed by atoms with Gasteiger partial charge in [0.25, 0.3) is 0 Å². The number of rotatable bonds is 6. The predicted molar refractivity (Wildman–Crippen MR) is 115 cm³/mol. The van der Waals surface area contributed by atoms with Crippen LogP contribution in [-0.4, -0.2) is 51.2 Å². The number of aliphatic carboxylic acids is 1. The van der Waals surface area contributed by atoms with Crippen LogP contribution in [0.4, 0.5) is 4.79 Å². The second kappa shape index (κ2) is 9.30. The number of hydrogen-bond acceptors (Lipinski definition) is 4. The normalized spacial score (nSPS) is 19.4. The molecule has 1 aliphatic heterocycles. The van der Waals surface area contributed by atoms with Crippen LogP contribution in [0.1, 0.15) is 38.3 Å². The van der Waals surface area contributed by atoms with Gasteiger partial charge in [-0.05, 0) is 38.3 Å².